The maximum Gasteiger partial charge on any atom is 0.222 e. The lowest BCUT2D eigenvalue weighted by molar-refractivity contribution is -0.0386. The number of rotatable bonds is 3. The molecule has 166 valence electrons. The van der Waals surface area contributed by atoms with Crippen molar-refractivity contribution in [3.05, 3.63) is 57.6 Å². The molecule has 1 unspecified atom stereocenters. The van der Waals surface area contributed by atoms with Gasteiger partial charge in [-0.3, -0.25) is 0 Å². The van der Waals surface area contributed by atoms with Crippen LogP contribution in [0.25, 0.3) is 0 Å². The standard InChI is InChI=1S/C25H28N4O3/c1-14(2)25(20(12-26)22(27)32-23-21(25)15(3)28-29-23)19-8-16(7-18(9-19)13-30)5-6-17-10-24(4,31)11-17/h7-9,14,17,30-31H,10-11,13,27H2,1-4H3,(H,28,29)/t17-,24+,25?. The predicted molar refractivity (Wildman–Crippen MR) is 119 cm³/mol. The number of aromatic nitrogens is 2. The highest BCUT2D eigenvalue weighted by Crippen LogP contribution is 2.52. The number of nitrogens with one attached hydrogen (secondary N) is 1. The molecule has 7 nitrogen and oxygen atoms in total. The number of aliphatic hydroxyl groups excluding tert-OH is 1. The number of aromatic amines is 1. The zero-order valence-electron chi connectivity index (χ0n) is 18.8. The maximum absolute atomic E-state index is 10.1. The van der Waals surface area contributed by atoms with E-state index in [1.54, 1.807) is 0 Å². The monoisotopic (exact) mass is 432 g/mol. The Morgan fingerprint density at radius 2 is 2.06 bits per heavy atom. The highest BCUT2D eigenvalue weighted by Gasteiger charge is 2.50. The lowest BCUT2D eigenvalue weighted by atomic mass is 9.61. The molecule has 7 heteroatoms. The number of ether oxygens (including phenoxy) is 1. The van der Waals surface area contributed by atoms with Crippen LogP contribution >= 0.6 is 0 Å². The van der Waals surface area contributed by atoms with Gasteiger partial charge in [0.2, 0.25) is 11.8 Å². The number of nitriles is 1. The number of aliphatic hydroxyl groups is 2. The van der Waals surface area contributed by atoms with Crippen LogP contribution in [-0.2, 0) is 12.0 Å². The minimum atomic E-state index is -0.911. The van der Waals surface area contributed by atoms with Gasteiger partial charge in [0.1, 0.15) is 11.6 Å². The van der Waals surface area contributed by atoms with Crippen LogP contribution < -0.4 is 10.5 Å². The minimum absolute atomic E-state index is 0.0380. The van der Waals surface area contributed by atoms with Gasteiger partial charge in [-0.25, -0.2) is 5.10 Å². The van der Waals surface area contributed by atoms with Gasteiger partial charge in [-0.1, -0.05) is 31.8 Å². The number of nitrogens with two attached hydrogens (primary N) is 1. The first-order valence-electron chi connectivity index (χ1n) is 10.7. The van der Waals surface area contributed by atoms with E-state index in [1.165, 1.54) is 0 Å². The zero-order valence-corrected chi connectivity index (χ0v) is 18.8. The van der Waals surface area contributed by atoms with Crippen molar-refractivity contribution in [2.75, 3.05) is 0 Å². The van der Waals surface area contributed by atoms with Crippen LogP contribution in [0.2, 0.25) is 0 Å². The number of hydrogen-bond acceptors (Lipinski definition) is 6. The number of benzene rings is 1. The molecule has 5 N–H and O–H groups in total. The number of aryl methyl sites for hydroxylation is 1. The summed E-state index contributed by atoms with van der Waals surface area (Å²) >= 11 is 0. The number of fused-ring (bicyclic) bond motifs is 1. The van der Waals surface area contributed by atoms with Gasteiger partial charge in [0.05, 0.1) is 28.9 Å². The molecule has 1 aliphatic carbocycles. The SMILES string of the molecule is Cc1n[nH]c2c1C(c1cc(C#C[C@H]3C[C@@](C)(O)C3)cc(CO)c1)(C(C)C)C(C#N)=C(N)O2. The van der Waals surface area contributed by atoms with Gasteiger partial charge >= 0.3 is 0 Å². The second-order valence-corrected chi connectivity index (χ2v) is 9.38. The molecule has 0 saturated heterocycles. The van der Waals surface area contributed by atoms with Gasteiger partial charge in [-0.05, 0) is 55.9 Å². The summed E-state index contributed by atoms with van der Waals surface area (Å²) in [7, 11) is 0. The van der Waals surface area contributed by atoms with Gasteiger partial charge in [0.25, 0.3) is 0 Å². The van der Waals surface area contributed by atoms with Crippen molar-refractivity contribution in [2.24, 2.45) is 17.6 Å². The number of allylic oxidation sites excluding steroid dienone is 1. The summed E-state index contributed by atoms with van der Waals surface area (Å²) in [5, 5.41) is 37.3. The first-order valence-corrected chi connectivity index (χ1v) is 10.7. The van der Waals surface area contributed by atoms with E-state index in [0.29, 0.717) is 35.6 Å². The third-order valence-electron chi connectivity index (χ3n) is 6.56. The average Bonchev–Trinajstić information content (AvgIpc) is 3.09. The van der Waals surface area contributed by atoms with Crippen molar-refractivity contribution in [3.8, 4) is 23.8 Å². The molecule has 4 rings (SSSR count). The van der Waals surface area contributed by atoms with Gasteiger partial charge in [-0.15, -0.1) is 0 Å². The molecule has 1 aliphatic heterocycles. The van der Waals surface area contributed by atoms with Crippen LogP contribution in [0.5, 0.6) is 5.88 Å². The van der Waals surface area contributed by atoms with E-state index in [2.05, 4.69) is 28.1 Å². The summed E-state index contributed by atoms with van der Waals surface area (Å²) in [6.07, 6.45) is 1.30. The first kappa shape index (κ1) is 22.0. The molecule has 0 bridgehead atoms. The van der Waals surface area contributed by atoms with Crippen molar-refractivity contribution < 1.29 is 14.9 Å². The predicted octanol–water partition coefficient (Wildman–Crippen LogP) is 2.75. The molecule has 2 heterocycles. The Kier molecular flexibility index (Phi) is 5.29. The lowest BCUT2D eigenvalue weighted by Gasteiger charge is -2.41. The van der Waals surface area contributed by atoms with E-state index in [0.717, 1.165) is 16.7 Å². The molecule has 0 spiro atoms. The van der Waals surface area contributed by atoms with Gasteiger partial charge < -0.3 is 20.7 Å². The fourth-order valence-electron chi connectivity index (χ4n) is 5.14. The van der Waals surface area contributed by atoms with Crippen molar-refractivity contribution in [3.63, 3.8) is 0 Å². The highest BCUT2D eigenvalue weighted by molar-refractivity contribution is 5.63. The van der Waals surface area contributed by atoms with Crippen molar-refractivity contribution in [2.45, 2.75) is 58.2 Å². The van der Waals surface area contributed by atoms with Crippen LogP contribution in [0.3, 0.4) is 0 Å². The third-order valence-corrected chi connectivity index (χ3v) is 6.56. The Morgan fingerprint density at radius 1 is 1.34 bits per heavy atom. The average molecular weight is 433 g/mol. The van der Waals surface area contributed by atoms with Crippen LogP contribution in [0.1, 0.15) is 61.6 Å². The second-order valence-electron chi connectivity index (χ2n) is 9.38. The largest absolute Gasteiger partial charge is 0.422 e. The Hall–Kier alpha value is -3.26. The molecule has 2 aromatic rings. The van der Waals surface area contributed by atoms with Gasteiger partial charge in [-0.2, -0.15) is 10.4 Å². The molecule has 0 amide bonds. The molecular formula is C25H28N4O3. The van der Waals surface area contributed by atoms with Crippen LogP contribution in [0.4, 0.5) is 0 Å². The smallest absolute Gasteiger partial charge is 0.222 e. The fraction of sp³-hybridized carbons (Fsp3) is 0.440. The Labute approximate surface area is 187 Å². The quantitative estimate of drug-likeness (QED) is 0.552. The highest BCUT2D eigenvalue weighted by atomic mass is 16.5. The molecule has 1 fully saturated rings. The molecule has 1 aromatic heterocycles. The van der Waals surface area contributed by atoms with Gasteiger partial charge in [0.15, 0.2) is 0 Å². The molecule has 1 saturated carbocycles. The molecular weight excluding hydrogens is 404 g/mol. The topological polar surface area (TPSA) is 128 Å². The van der Waals surface area contributed by atoms with E-state index in [9.17, 15) is 15.5 Å². The van der Waals surface area contributed by atoms with Crippen molar-refractivity contribution >= 4 is 0 Å². The van der Waals surface area contributed by atoms with Crippen LogP contribution in [0, 0.1) is 41.9 Å². The lowest BCUT2D eigenvalue weighted by Crippen LogP contribution is -2.41. The fourth-order valence-corrected chi connectivity index (χ4v) is 5.14. The molecule has 0 radical (unpaired) electrons. The number of H-pyrrole nitrogens is 1. The number of hydrogen-bond donors (Lipinski definition) is 4. The van der Waals surface area contributed by atoms with E-state index in [1.807, 2.05) is 45.9 Å². The Balaban J connectivity index is 1.93. The van der Waals surface area contributed by atoms with E-state index in [-0.39, 0.29) is 24.3 Å². The summed E-state index contributed by atoms with van der Waals surface area (Å²) in [4.78, 5) is 0. The van der Waals surface area contributed by atoms with E-state index in [4.69, 9.17) is 10.5 Å². The normalized spacial score (nSPS) is 26.5. The summed E-state index contributed by atoms with van der Waals surface area (Å²) in [5.41, 5.74) is 8.69. The molecule has 32 heavy (non-hydrogen) atoms. The molecule has 1 aromatic carbocycles. The zero-order chi connectivity index (χ0) is 23.3. The van der Waals surface area contributed by atoms with Crippen LogP contribution in [0.15, 0.2) is 29.7 Å². The third kappa shape index (κ3) is 3.35. The summed E-state index contributed by atoms with van der Waals surface area (Å²) in [6, 6.07) is 7.98. The summed E-state index contributed by atoms with van der Waals surface area (Å²) < 4.78 is 5.71. The Bertz CT molecular complexity index is 1200. The molecule has 1 atom stereocenters. The van der Waals surface area contributed by atoms with Gasteiger partial charge in [0, 0.05) is 11.5 Å². The van der Waals surface area contributed by atoms with E-state index < -0.39 is 11.0 Å². The summed E-state index contributed by atoms with van der Waals surface area (Å²) in [5.74, 6) is 6.97. The minimum Gasteiger partial charge on any atom is -0.422 e. The van der Waals surface area contributed by atoms with Crippen molar-refractivity contribution in [1.82, 2.24) is 10.2 Å². The number of nitrogens with zero attached hydrogens (tertiary/aromatic N) is 2. The maximum atomic E-state index is 10.1. The van der Waals surface area contributed by atoms with E-state index >= 15 is 0 Å². The molecule has 2 aliphatic rings. The summed E-state index contributed by atoms with van der Waals surface area (Å²) in [6.45, 7) is 7.58. The second kappa shape index (κ2) is 7.70. The first-order chi connectivity index (χ1) is 15.1. The van der Waals surface area contributed by atoms with Crippen molar-refractivity contribution in [1.29, 1.82) is 5.26 Å². The Morgan fingerprint density at radius 3 is 2.66 bits per heavy atom. The van der Waals surface area contributed by atoms with Crippen LogP contribution in [-0.4, -0.2) is 26.0 Å².